The summed E-state index contributed by atoms with van der Waals surface area (Å²) >= 11 is 11.5. The fraction of sp³-hybridized carbons (Fsp3) is 0.188. The van der Waals surface area contributed by atoms with Crippen LogP contribution in [-0.2, 0) is 11.8 Å². The van der Waals surface area contributed by atoms with Gasteiger partial charge in [0, 0.05) is 11.0 Å². The molecule has 114 valence electrons. The maximum absolute atomic E-state index is 6.05. The second-order valence-electron chi connectivity index (χ2n) is 5.15. The van der Waals surface area contributed by atoms with Crippen molar-refractivity contribution >= 4 is 46.3 Å². The topological polar surface area (TPSA) is 24.5 Å². The standard InChI is InChI=1S/C16H17N2OPS2/c1-12-5-3-4-6-15(12)18-11-16(21)17-20(18,22)14-9-7-13(19-2)8-10-14/h3-10H,11H2,1-2H3,(H,17,21,22). The van der Waals surface area contributed by atoms with E-state index < -0.39 is 6.34 Å². The number of anilines is 1. The van der Waals surface area contributed by atoms with Gasteiger partial charge in [-0.2, -0.15) is 0 Å². The van der Waals surface area contributed by atoms with Gasteiger partial charge in [-0.25, -0.2) is 0 Å². The van der Waals surface area contributed by atoms with Crippen LogP contribution < -0.4 is 19.8 Å². The largest absolute Gasteiger partial charge is 0.497 e. The van der Waals surface area contributed by atoms with Crippen molar-refractivity contribution in [2.24, 2.45) is 0 Å². The first-order valence-electron chi connectivity index (χ1n) is 6.94. The molecule has 1 unspecified atom stereocenters. The number of rotatable bonds is 3. The summed E-state index contributed by atoms with van der Waals surface area (Å²) in [7, 11) is 1.66. The zero-order chi connectivity index (χ0) is 15.7. The molecule has 2 aromatic carbocycles. The Kier molecular flexibility index (Phi) is 4.22. The Morgan fingerprint density at radius 2 is 1.82 bits per heavy atom. The molecule has 1 heterocycles. The van der Waals surface area contributed by atoms with Crippen LogP contribution in [0.5, 0.6) is 5.75 Å². The number of nitrogens with zero attached hydrogens (tertiary/aromatic N) is 1. The van der Waals surface area contributed by atoms with Crippen LogP contribution in [0.1, 0.15) is 5.56 Å². The average Bonchev–Trinajstić information content (AvgIpc) is 2.84. The number of methoxy groups -OCH3 is 1. The molecule has 2 aromatic rings. The van der Waals surface area contributed by atoms with Gasteiger partial charge in [0.05, 0.1) is 13.7 Å². The molecule has 1 saturated heterocycles. The number of para-hydroxylation sites is 1. The molecule has 0 radical (unpaired) electrons. The van der Waals surface area contributed by atoms with Crippen molar-refractivity contribution < 1.29 is 4.74 Å². The number of ether oxygens (including phenoxy) is 1. The zero-order valence-corrected chi connectivity index (χ0v) is 15.0. The van der Waals surface area contributed by atoms with E-state index in [1.807, 2.05) is 36.4 Å². The van der Waals surface area contributed by atoms with Crippen molar-refractivity contribution in [3.05, 3.63) is 54.1 Å². The molecule has 0 aliphatic carbocycles. The van der Waals surface area contributed by atoms with Crippen LogP contribution in [-0.4, -0.2) is 18.6 Å². The number of nitrogens with one attached hydrogen (secondary N) is 1. The van der Waals surface area contributed by atoms with Gasteiger partial charge in [-0.3, -0.25) is 0 Å². The highest BCUT2D eigenvalue weighted by Crippen LogP contribution is 2.51. The van der Waals surface area contributed by atoms with Gasteiger partial charge >= 0.3 is 0 Å². The summed E-state index contributed by atoms with van der Waals surface area (Å²) < 4.78 is 7.49. The van der Waals surface area contributed by atoms with E-state index in [1.54, 1.807) is 7.11 Å². The lowest BCUT2D eigenvalue weighted by molar-refractivity contribution is 0.415. The summed E-state index contributed by atoms with van der Waals surface area (Å²) in [5.74, 6) is 0.828. The Hall–Kier alpha value is -1.42. The summed E-state index contributed by atoms with van der Waals surface area (Å²) in [5, 5.41) is 4.49. The van der Waals surface area contributed by atoms with E-state index in [-0.39, 0.29) is 0 Å². The molecule has 6 heteroatoms. The number of aryl methyl sites for hydroxylation is 1. The van der Waals surface area contributed by atoms with Crippen LogP contribution in [0.25, 0.3) is 0 Å². The summed E-state index contributed by atoms with van der Waals surface area (Å²) in [6.07, 6.45) is -2.15. The van der Waals surface area contributed by atoms with Gasteiger partial charge in [0.1, 0.15) is 10.7 Å². The molecule has 1 fully saturated rings. The molecule has 0 spiro atoms. The van der Waals surface area contributed by atoms with Crippen molar-refractivity contribution in [1.82, 2.24) is 5.09 Å². The Bertz CT molecular complexity index is 761. The molecular weight excluding hydrogens is 331 g/mol. The van der Waals surface area contributed by atoms with Gasteiger partial charge in [-0.1, -0.05) is 30.4 Å². The van der Waals surface area contributed by atoms with Crippen LogP contribution >= 0.6 is 18.6 Å². The molecular formula is C16H17N2OPS2. The van der Waals surface area contributed by atoms with Crippen LogP contribution in [0.15, 0.2) is 48.5 Å². The van der Waals surface area contributed by atoms with E-state index >= 15 is 0 Å². The van der Waals surface area contributed by atoms with E-state index in [0.717, 1.165) is 21.7 Å². The number of thiocarbonyl (C=S) groups is 1. The molecule has 1 atom stereocenters. The van der Waals surface area contributed by atoms with Crippen molar-refractivity contribution in [1.29, 1.82) is 0 Å². The zero-order valence-electron chi connectivity index (χ0n) is 12.4. The lowest BCUT2D eigenvalue weighted by Gasteiger charge is -2.30. The lowest BCUT2D eigenvalue weighted by atomic mass is 10.2. The van der Waals surface area contributed by atoms with E-state index in [0.29, 0.717) is 6.54 Å². The Labute approximate surface area is 141 Å². The highest BCUT2D eigenvalue weighted by atomic mass is 32.4. The molecule has 22 heavy (non-hydrogen) atoms. The summed E-state index contributed by atoms with van der Waals surface area (Å²) in [4.78, 5) is 0.808. The van der Waals surface area contributed by atoms with Gasteiger partial charge in [-0.05, 0) is 54.6 Å². The summed E-state index contributed by atoms with van der Waals surface area (Å²) in [6.45, 7) is 2.77. The monoisotopic (exact) mass is 348 g/mol. The van der Waals surface area contributed by atoms with Gasteiger partial charge in [0.15, 0.2) is 6.34 Å². The predicted molar refractivity (Wildman–Crippen MR) is 101 cm³/mol. The first-order chi connectivity index (χ1) is 10.5. The molecule has 3 rings (SSSR count). The highest BCUT2D eigenvalue weighted by molar-refractivity contribution is 8.18. The minimum atomic E-state index is -2.15. The van der Waals surface area contributed by atoms with Crippen molar-refractivity contribution in [3.8, 4) is 5.75 Å². The van der Waals surface area contributed by atoms with E-state index in [4.69, 9.17) is 28.8 Å². The van der Waals surface area contributed by atoms with E-state index in [2.05, 4.69) is 28.8 Å². The molecule has 0 bridgehead atoms. The quantitative estimate of drug-likeness (QED) is 0.677. The van der Waals surface area contributed by atoms with Crippen LogP contribution in [0.2, 0.25) is 0 Å². The number of benzene rings is 2. The average molecular weight is 348 g/mol. The second-order valence-corrected chi connectivity index (χ2v) is 9.61. The van der Waals surface area contributed by atoms with Crippen LogP contribution in [0.3, 0.4) is 0 Å². The van der Waals surface area contributed by atoms with Crippen molar-refractivity contribution in [3.63, 3.8) is 0 Å². The third-order valence-electron chi connectivity index (χ3n) is 3.73. The van der Waals surface area contributed by atoms with Gasteiger partial charge in [0.2, 0.25) is 0 Å². The maximum Gasteiger partial charge on any atom is 0.151 e. The fourth-order valence-electron chi connectivity index (χ4n) is 2.58. The van der Waals surface area contributed by atoms with Gasteiger partial charge in [-0.15, -0.1) is 0 Å². The summed E-state index contributed by atoms with van der Waals surface area (Å²) in [6, 6.07) is 16.2. The number of hydrogen-bond acceptors (Lipinski definition) is 3. The van der Waals surface area contributed by atoms with Crippen molar-refractivity contribution in [2.45, 2.75) is 6.92 Å². The van der Waals surface area contributed by atoms with E-state index in [1.165, 1.54) is 5.56 Å². The van der Waals surface area contributed by atoms with Gasteiger partial charge in [0.25, 0.3) is 0 Å². The maximum atomic E-state index is 6.05. The third-order valence-corrected chi connectivity index (χ3v) is 8.21. The first kappa shape index (κ1) is 15.5. The van der Waals surface area contributed by atoms with Crippen molar-refractivity contribution in [2.75, 3.05) is 18.3 Å². The molecule has 0 saturated carbocycles. The van der Waals surface area contributed by atoms with Crippen LogP contribution in [0.4, 0.5) is 5.69 Å². The lowest BCUT2D eigenvalue weighted by Crippen LogP contribution is -2.24. The minimum Gasteiger partial charge on any atom is -0.497 e. The molecule has 1 aliphatic rings. The minimum absolute atomic E-state index is 0.670. The third kappa shape index (κ3) is 2.65. The highest BCUT2D eigenvalue weighted by Gasteiger charge is 2.36. The van der Waals surface area contributed by atoms with Gasteiger partial charge < -0.3 is 14.5 Å². The molecule has 1 N–H and O–H groups in total. The molecule has 0 aromatic heterocycles. The van der Waals surface area contributed by atoms with E-state index in [9.17, 15) is 0 Å². The normalized spacial score (nSPS) is 20.8. The smallest absolute Gasteiger partial charge is 0.151 e. The Morgan fingerprint density at radius 1 is 1.14 bits per heavy atom. The molecule has 0 amide bonds. The fourth-order valence-corrected chi connectivity index (χ4v) is 6.86. The summed E-state index contributed by atoms with van der Waals surface area (Å²) in [5.41, 5.74) is 2.35. The first-order valence-corrected chi connectivity index (χ1v) is 10.1. The number of hydrogen-bond donors (Lipinski definition) is 1. The van der Waals surface area contributed by atoms with Crippen LogP contribution in [0, 0.1) is 6.92 Å². The predicted octanol–water partition coefficient (Wildman–Crippen LogP) is 3.38. The molecule has 3 nitrogen and oxygen atoms in total. The Balaban J connectivity index is 2.07. The Morgan fingerprint density at radius 3 is 2.45 bits per heavy atom. The molecule has 1 aliphatic heterocycles. The SMILES string of the molecule is COc1ccc(P2(=S)NC(=S)CN2c2ccccc2C)cc1. The second kappa shape index (κ2) is 5.99.